The molecule has 1 atom stereocenters. The summed E-state index contributed by atoms with van der Waals surface area (Å²) in [5.74, 6) is 0.389. The molecule has 32 heavy (non-hydrogen) atoms. The van der Waals surface area contributed by atoms with Gasteiger partial charge in [-0.2, -0.15) is 0 Å². The number of aliphatic imine (C=N–C) groups is 1. The van der Waals surface area contributed by atoms with Crippen LogP contribution in [-0.2, 0) is 9.59 Å². The fourth-order valence-corrected chi connectivity index (χ4v) is 4.84. The molecule has 1 aliphatic heterocycles. The van der Waals surface area contributed by atoms with Crippen molar-refractivity contribution >= 4 is 63.3 Å². The summed E-state index contributed by atoms with van der Waals surface area (Å²) in [6, 6.07) is 12.1. The molecule has 1 heterocycles. The first-order chi connectivity index (χ1) is 15.4. The first kappa shape index (κ1) is 24.4. The SMILES string of the molecule is CCCCN1C(=O)C(CC(=O)Nc2ccc(OCC)cc2)SC1=Nc1cc(Cl)cc(Cl)c1. The number of anilines is 1. The second-order valence-electron chi connectivity index (χ2n) is 7.18. The van der Waals surface area contributed by atoms with Gasteiger partial charge in [-0.05, 0) is 55.8 Å². The highest BCUT2D eigenvalue weighted by Gasteiger charge is 2.38. The van der Waals surface area contributed by atoms with Crippen molar-refractivity contribution in [1.29, 1.82) is 0 Å². The van der Waals surface area contributed by atoms with Crippen molar-refractivity contribution < 1.29 is 14.3 Å². The number of nitrogens with zero attached hydrogens (tertiary/aromatic N) is 2. The Morgan fingerprint density at radius 3 is 2.47 bits per heavy atom. The van der Waals surface area contributed by atoms with Crippen molar-refractivity contribution in [2.75, 3.05) is 18.5 Å². The van der Waals surface area contributed by atoms with Crippen molar-refractivity contribution in [2.45, 2.75) is 38.4 Å². The zero-order chi connectivity index (χ0) is 23.1. The molecule has 9 heteroatoms. The highest BCUT2D eigenvalue weighted by Crippen LogP contribution is 2.33. The van der Waals surface area contributed by atoms with Crippen LogP contribution < -0.4 is 10.1 Å². The quantitative estimate of drug-likeness (QED) is 0.454. The zero-order valence-electron chi connectivity index (χ0n) is 17.9. The van der Waals surface area contributed by atoms with Crippen LogP contribution in [0.1, 0.15) is 33.1 Å². The van der Waals surface area contributed by atoms with E-state index in [0.29, 0.717) is 39.7 Å². The largest absolute Gasteiger partial charge is 0.494 e. The molecular weight excluding hydrogens is 469 g/mol. The van der Waals surface area contributed by atoms with Crippen LogP contribution in [0.5, 0.6) is 5.75 Å². The number of amides is 2. The van der Waals surface area contributed by atoms with Gasteiger partial charge in [-0.1, -0.05) is 48.3 Å². The highest BCUT2D eigenvalue weighted by atomic mass is 35.5. The fraction of sp³-hybridized carbons (Fsp3) is 0.348. The van der Waals surface area contributed by atoms with Crippen LogP contribution in [0.3, 0.4) is 0 Å². The molecule has 0 spiro atoms. The highest BCUT2D eigenvalue weighted by molar-refractivity contribution is 8.15. The molecule has 0 aromatic heterocycles. The Balaban J connectivity index is 1.71. The van der Waals surface area contributed by atoms with E-state index in [4.69, 9.17) is 27.9 Å². The van der Waals surface area contributed by atoms with Crippen LogP contribution >= 0.6 is 35.0 Å². The molecule has 1 fully saturated rings. The van der Waals surface area contributed by atoms with Gasteiger partial charge in [0.25, 0.3) is 0 Å². The number of amidine groups is 1. The minimum absolute atomic E-state index is 0.0503. The molecule has 2 amide bonds. The van der Waals surface area contributed by atoms with E-state index in [2.05, 4.69) is 17.2 Å². The van der Waals surface area contributed by atoms with Gasteiger partial charge in [-0.25, -0.2) is 4.99 Å². The maximum atomic E-state index is 13.0. The van der Waals surface area contributed by atoms with E-state index in [0.717, 1.165) is 18.6 Å². The molecule has 0 aliphatic carbocycles. The fourth-order valence-electron chi connectivity index (χ4n) is 3.14. The van der Waals surface area contributed by atoms with Gasteiger partial charge in [0.15, 0.2) is 5.17 Å². The van der Waals surface area contributed by atoms with Crippen LogP contribution in [0, 0.1) is 0 Å². The Bertz CT molecular complexity index is 978. The predicted molar refractivity (Wildman–Crippen MR) is 132 cm³/mol. The number of carbonyl (C=O) groups excluding carboxylic acids is 2. The van der Waals surface area contributed by atoms with E-state index >= 15 is 0 Å². The van der Waals surface area contributed by atoms with E-state index in [1.807, 2.05) is 6.92 Å². The first-order valence-electron chi connectivity index (χ1n) is 10.4. The van der Waals surface area contributed by atoms with Gasteiger partial charge in [0.2, 0.25) is 11.8 Å². The van der Waals surface area contributed by atoms with Crippen LogP contribution in [0.15, 0.2) is 47.5 Å². The summed E-state index contributed by atoms with van der Waals surface area (Å²) in [7, 11) is 0. The van der Waals surface area contributed by atoms with E-state index in [-0.39, 0.29) is 18.2 Å². The predicted octanol–water partition coefficient (Wildman–Crippen LogP) is 6.15. The average molecular weight is 494 g/mol. The van der Waals surface area contributed by atoms with Gasteiger partial charge in [0.05, 0.1) is 12.3 Å². The number of hydrogen-bond donors (Lipinski definition) is 1. The molecule has 1 saturated heterocycles. The van der Waals surface area contributed by atoms with Crippen LogP contribution in [0.2, 0.25) is 10.0 Å². The second-order valence-corrected chi connectivity index (χ2v) is 9.22. The zero-order valence-corrected chi connectivity index (χ0v) is 20.3. The summed E-state index contributed by atoms with van der Waals surface area (Å²) in [6.07, 6.45) is 1.83. The van der Waals surface area contributed by atoms with Gasteiger partial charge in [0.1, 0.15) is 11.0 Å². The maximum absolute atomic E-state index is 13.0. The smallest absolute Gasteiger partial charge is 0.242 e. The molecular formula is C23H25Cl2N3O3S. The van der Waals surface area contributed by atoms with E-state index < -0.39 is 5.25 Å². The Kier molecular flexibility index (Phi) is 8.84. The lowest BCUT2D eigenvalue weighted by atomic mass is 10.2. The number of unbranched alkanes of at least 4 members (excludes halogenated alkanes) is 1. The van der Waals surface area contributed by atoms with Gasteiger partial charge in [0, 0.05) is 28.7 Å². The Labute approximate surface area is 202 Å². The number of ether oxygens (including phenoxy) is 1. The summed E-state index contributed by atoms with van der Waals surface area (Å²) < 4.78 is 5.41. The monoisotopic (exact) mass is 493 g/mol. The first-order valence-corrected chi connectivity index (χ1v) is 12.1. The van der Waals surface area contributed by atoms with E-state index in [1.54, 1.807) is 47.4 Å². The standard InChI is InChI=1S/C23H25Cl2N3O3S/c1-3-5-10-28-22(30)20(32-23(28)27-18-12-15(24)11-16(25)13-18)14-21(29)26-17-6-8-19(9-7-17)31-4-2/h6-9,11-13,20H,3-5,10,14H2,1-2H3,(H,26,29). The Morgan fingerprint density at radius 2 is 1.84 bits per heavy atom. The van der Waals surface area contributed by atoms with Gasteiger partial charge < -0.3 is 10.1 Å². The Hall–Kier alpha value is -2.22. The lowest BCUT2D eigenvalue weighted by molar-refractivity contribution is -0.128. The number of thioether (sulfide) groups is 1. The summed E-state index contributed by atoms with van der Waals surface area (Å²) in [6.45, 7) is 5.09. The molecule has 1 N–H and O–H groups in total. The normalized spacial score (nSPS) is 17.1. The maximum Gasteiger partial charge on any atom is 0.242 e. The third kappa shape index (κ3) is 6.64. The third-order valence-corrected chi connectivity index (χ3v) is 6.26. The molecule has 0 saturated carbocycles. The van der Waals surface area contributed by atoms with E-state index in [1.165, 1.54) is 11.8 Å². The number of halogens is 2. The van der Waals surface area contributed by atoms with Gasteiger partial charge in [-0.15, -0.1) is 0 Å². The molecule has 2 aromatic rings. The van der Waals surface area contributed by atoms with E-state index in [9.17, 15) is 9.59 Å². The number of nitrogens with one attached hydrogen (secondary N) is 1. The lowest BCUT2D eigenvalue weighted by Crippen LogP contribution is -2.34. The number of hydrogen-bond acceptors (Lipinski definition) is 5. The molecule has 1 aliphatic rings. The van der Waals surface area contributed by atoms with Crippen LogP contribution in [-0.4, -0.2) is 40.3 Å². The topological polar surface area (TPSA) is 71.0 Å². The minimum atomic E-state index is -0.539. The van der Waals surface area contributed by atoms with Gasteiger partial charge >= 0.3 is 0 Å². The van der Waals surface area contributed by atoms with Crippen LogP contribution in [0.25, 0.3) is 0 Å². The summed E-state index contributed by atoms with van der Waals surface area (Å²) >= 11 is 13.5. The molecule has 0 radical (unpaired) electrons. The molecule has 6 nitrogen and oxygen atoms in total. The number of benzene rings is 2. The second kappa shape index (κ2) is 11.6. The number of carbonyl (C=O) groups is 2. The van der Waals surface area contributed by atoms with Crippen molar-refractivity contribution in [1.82, 2.24) is 4.90 Å². The molecule has 2 aromatic carbocycles. The Morgan fingerprint density at radius 1 is 1.16 bits per heavy atom. The minimum Gasteiger partial charge on any atom is -0.494 e. The number of rotatable bonds is 9. The van der Waals surface area contributed by atoms with Crippen molar-refractivity contribution in [2.24, 2.45) is 4.99 Å². The molecule has 1 unspecified atom stereocenters. The van der Waals surface area contributed by atoms with Crippen molar-refractivity contribution in [3.05, 3.63) is 52.5 Å². The molecule has 0 bridgehead atoms. The van der Waals surface area contributed by atoms with Crippen LogP contribution in [0.4, 0.5) is 11.4 Å². The third-order valence-electron chi connectivity index (χ3n) is 4.65. The summed E-state index contributed by atoms with van der Waals surface area (Å²) in [5.41, 5.74) is 1.22. The van der Waals surface area contributed by atoms with Crippen molar-refractivity contribution in [3.8, 4) is 5.75 Å². The molecule has 170 valence electrons. The lowest BCUT2D eigenvalue weighted by Gasteiger charge is -2.16. The van der Waals surface area contributed by atoms with Gasteiger partial charge in [-0.3, -0.25) is 14.5 Å². The average Bonchev–Trinajstić information content (AvgIpc) is 3.01. The summed E-state index contributed by atoms with van der Waals surface area (Å²) in [4.78, 5) is 31.9. The van der Waals surface area contributed by atoms with Crippen molar-refractivity contribution in [3.63, 3.8) is 0 Å². The summed E-state index contributed by atoms with van der Waals surface area (Å²) in [5, 5.41) is 3.80. The molecule has 3 rings (SSSR count).